The van der Waals surface area contributed by atoms with Gasteiger partial charge in [0.15, 0.2) is 0 Å². The van der Waals surface area contributed by atoms with Crippen LogP contribution in [0.5, 0.6) is 0 Å². The highest BCUT2D eigenvalue weighted by Crippen LogP contribution is 2.30. The maximum absolute atomic E-state index is 12.8. The third-order valence-electron chi connectivity index (χ3n) is 4.94. The van der Waals surface area contributed by atoms with Crippen LogP contribution in [0.1, 0.15) is 39.2 Å². The van der Waals surface area contributed by atoms with Gasteiger partial charge in [0.05, 0.1) is 17.0 Å². The maximum Gasteiger partial charge on any atom is 0.416 e. The predicted octanol–water partition coefficient (Wildman–Crippen LogP) is 1.82. The summed E-state index contributed by atoms with van der Waals surface area (Å²) >= 11 is 0. The fraction of sp³-hybridized carbons (Fsp3) is 0.619. The Morgan fingerprint density at radius 2 is 1.70 bits per heavy atom. The molecule has 0 aliphatic carbocycles. The molecule has 12 heteroatoms. The molecule has 0 aromatic heterocycles. The Morgan fingerprint density at radius 1 is 1.06 bits per heavy atom. The summed E-state index contributed by atoms with van der Waals surface area (Å²) in [5.74, 6) is -0.206. The molecule has 2 rings (SSSR count). The summed E-state index contributed by atoms with van der Waals surface area (Å²) in [6, 6.07) is 3.50. The molecular formula is C21H31F3N4O4S. The first-order valence-corrected chi connectivity index (χ1v) is 12.1. The summed E-state index contributed by atoms with van der Waals surface area (Å²) < 4.78 is 65.2. The number of rotatable bonds is 8. The molecule has 8 nitrogen and oxygen atoms in total. The van der Waals surface area contributed by atoms with Gasteiger partial charge in [0, 0.05) is 44.7 Å². The number of nitrogens with one attached hydrogen (secondary N) is 2. The number of nitrogens with zero attached hydrogens (tertiary/aromatic N) is 2. The minimum Gasteiger partial charge on any atom is -0.350 e. The van der Waals surface area contributed by atoms with Gasteiger partial charge in [-0.3, -0.25) is 14.5 Å². The lowest BCUT2D eigenvalue weighted by atomic mass is 10.1. The second kappa shape index (κ2) is 10.8. The average molecular weight is 493 g/mol. The third kappa shape index (κ3) is 8.94. The summed E-state index contributed by atoms with van der Waals surface area (Å²) in [7, 11) is -4.12. The second-order valence-electron chi connectivity index (χ2n) is 8.98. The molecule has 33 heavy (non-hydrogen) atoms. The predicted molar refractivity (Wildman–Crippen MR) is 117 cm³/mol. The number of carbonyl (C=O) groups is 2. The second-order valence-corrected chi connectivity index (χ2v) is 10.7. The van der Waals surface area contributed by atoms with E-state index in [9.17, 15) is 31.2 Å². The number of carbonyl (C=O) groups excluding carboxylic acids is 2. The number of hydrogen-bond acceptors (Lipinski definition) is 5. The molecule has 0 atom stereocenters. The van der Waals surface area contributed by atoms with Gasteiger partial charge in [0.1, 0.15) is 0 Å². The maximum atomic E-state index is 12.8. The molecule has 0 unspecified atom stereocenters. The monoisotopic (exact) mass is 492 g/mol. The van der Waals surface area contributed by atoms with E-state index in [2.05, 4.69) is 10.0 Å². The number of amides is 2. The molecular weight excluding hydrogens is 461 g/mol. The van der Waals surface area contributed by atoms with Gasteiger partial charge in [-0.15, -0.1) is 0 Å². The Morgan fingerprint density at radius 3 is 2.27 bits per heavy atom. The highest BCUT2D eigenvalue weighted by molar-refractivity contribution is 7.89. The van der Waals surface area contributed by atoms with Crippen LogP contribution in [0.25, 0.3) is 0 Å². The molecule has 0 spiro atoms. The lowest BCUT2D eigenvalue weighted by Gasteiger charge is -2.35. The van der Waals surface area contributed by atoms with Crippen molar-refractivity contribution in [1.82, 2.24) is 19.8 Å². The molecule has 1 aromatic rings. The third-order valence-corrected chi connectivity index (χ3v) is 6.40. The Hall–Kier alpha value is -2.18. The van der Waals surface area contributed by atoms with E-state index in [4.69, 9.17) is 0 Å². The van der Waals surface area contributed by atoms with E-state index in [1.165, 1.54) is 0 Å². The highest BCUT2D eigenvalue weighted by Gasteiger charge is 2.31. The van der Waals surface area contributed by atoms with E-state index in [0.717, 1.165) is 18.2 Å². The van der Waals surface area contributed by atoms with Crippen LogP contribution in [0.4, 0.5) is 13.2 Å². The van der Waals surface area contributed by atoms with Crippen molar-refractivity contribution in [2.75, 3.05) is 39.3 Å². The Bertz CT molecular complexity index is 938. The molecule has 186 valence electrons. The molecule has 0 radical (unpaired) electrons. The zero-order valence-corrected chi connectivity index (χ0v) is 19.9. The summed E-state index contributed by atoms with van der Waals surface area (Å²) in [6.07, 6.45) is -4.32. The van der Waals surface area contributed by atoms with Crippen molar-refractivity contribution < 1.29 is 31.2 Å². The first kappa shape index (κ1) is 27.1. The molecule has 1 aliphatic rings. The molecule has 1 aromatic carbocycles. The number of halogens is 3. The molecule has 1 saturated heterocycles. The lowest BCUT2D eigenvalue weighted by Crippen LogP contribution is -2.52. The van der Waals surface area contributed by atoms with E-state index >= 15 is 0 Å². The zero-order chi connectivity index (χ0) is 24.9. The van der Waals surface area contributed by atoms with Crippen LogP contribution >= 0.6 is 0 Å². The fourth-order valence-corrected chi connectivity index (χ4v) is 4.46. The van der Waals surface area contributed by atoms with Crippen molar-refractivity contribution in [3.63, 3.8) is 0 Å². The fourth-order valence-electron chi connectivity index (χ4n) is 3.34. The Labute approximate surface area is 192 Å². The number of piperazine rings is 1. The summed E-state index contributed by atoms with van der Waals surface area (Å²) in [6.45, 7) is 7.96. The standard InChI is InChI=1S/C21H31F3N4O4S/c1-20(2,3)26-18(29)15-27-10-12-28(13-11-27)19(30)8-5-9-25-33(31,32)17-7-4-6-16(14-17)21(22,23)24/h4,6-7,14,25H,5,8-13,15H2,1-3H3,(H,26,29). The minimum absolute atomic E-state index is 0.0722. The molecule has 2 amide bonds. The number of alkyl halides is 3. The van der Waals surface area contributed by atoms with Crippen LogP contribution in [0.2, 0.25) is 0 Å². The number of sulfonamides is 1. The van der Waals surface area contributed by atoms with Crippen molar-refractivity contribution in [1.29, 1.82) is 0 Å². The first-order valence-electron chi connectivity index (χ1n) is 10.7. The molecule has 1 aliphatic heterocycles. The van der Waals surface area contributed by atoms with E-state index in [-0.39, 0.29) is 43.3 Å². The molecule has 0 saturated carbocycles. The van der Waals surface area contributed by atoms with Crippen molar-refractivity contribution in [3.05, 3.63) is 29.8 Å². The Balaban J connectivity index is 1.74. The van der Waals surface area contributed by atoms with Gasteiger partial charge in [0.2, 0.25) is 21.8 Å². The van der Waals surface area contributed by atoms with Gasteiger partial charge in [-0.2, -0.15) is 13.2 Å². The van der Waals surface area contributed by atoms with Gasteiger partial charge in [-0.05, 0) is 45.4 Å². The van der Waals surface area contributed by atoms with Crippen molar-refractivity contribution >= 4 is 21.8 Å². The highest BCUT2D eigenvalue weighted by atomic mass is 32.2. The summed E-state index contributed by atoms with van der Waals surface area (Å²) in [5, 5.41) is 2.90. The van der Waals surface area contributed by atoms with Crippen molar-refractivity contribution in [2.45, 2.75) is 50.2 Å². The van der Waals surface area contributed by atoms with Crippen LogP contribution < -0.4 is 10.0 Å². The largest absolute Gasteiger partial charge is 0.416 e. The van der Waals surface area contributed by atoms with Gasteiger partial charge in [-0.1, -0.05) is 6.07 Å². The van der Waals surface area contributed by atoms with Gasteiger partial charge >= 0.3 is 6.18 Å². The SMILES string of the molecule is CC(C)(C)NC(=O)CN1CCN(C(=O)CCCNS(=O)(=O)c2cccc(C(F)(F)F)c2)CC1. The van der Waals surface area contributed by atoms with Crippen molar-refractivity contribution in [3.8, 4) is 0 Å². The van der Waals surface area contributed by atoms with Gasteiger partial charge in [0.25, 0.3) is 0 Å². The topological polar surface area (TPSA) is 98.8 Å². The molecule has 2 N–H and O–H groups in total. The first-order chi connectivity index (χ1) is 15.2. The minimum atomic E-state index is -4.64. The van der Waals surface area contributed by atoms with E-state index < -0.39 is 26.7 Å². The van der Waals surface area contributed by atoms with Crippen LogP contribution in [0.3, 0.4) is 0 Å². The quantitative estimate of drug-likeness (QED) is 0.540. The van der Waals surface area contributed by atoms with E-state index in [0.29, 0.717) is 32.2 Å². The van der Waals surface area contributed by atoms with Crippen LogP contribution in [-0.4, -0.2) is 74.8 Å². The van der Waals surface area contributed by atoms with Crippen LogP contribution in [0.15, 0.2) is 29.2 Å². The van der Waals surface area contributed by atoms with E-state index in [1.807, 2.05) is 25.7 Å². The van der Waals surface area contributed by atoms with Gasteiger partial charge in [-0.25, -0.2) is 13.1 Å². The summed E-state index contributed by atoms with van der Waals surface area (Å²) in [4.78, 5) is 27.6. The summed E-state index contributed by atoms with van der Waals surface area (Å²) in [5.41, 5.74) is -1.35. The van der Waals surface area contributed by atoms with E-state index in [1.54, 1.807) is 4.90 Å². The van der Waals surface area contributed by atoms with Crippen molar-refractivity contribution in [2.24, 2.45) is 0 Å². The normalized spacial score (nSPS) is 16.0. The van der Waals surface area contributed by atoms with Crippen LogP contribution in [0, 0.1) is 0 Å². The van der Waals surface area contributed by atoms with Crippen LogP contribution in [-0.2, 0) is 25.8 Å². The van der Waals surface area contributed by atoms with Gasteiger partial charge < -0.3 is 10.2 Å². The molecule has 0 bridgehead atoms. The molecule has 1 heterocycles. The zero-order valence-electron chi connectivity index (χ0n) is 19.0. The average Bonchev–Trinajstić information content (AvgIpc) is 2.69. The lowest BCUT2D eigenvalue weighted by molar-refractivity contribution is -0.138. The molecule has 1 fully saturated rings. The number of hydrogen-bond donors (Lipinski definition) is 2. The smallest absolute Gasteiger partial charge is 0.350 e. The Kier molecular flexibility index (Phi) is 8.88. The number of benzene rings is 1.